The van der Waals surface area contributed by atoms with Crippen molar-refractivity contribution in [2.75, 3.05) is 18.5 Å². The number of hydrogen-bond acceptors (Lipinski definition) is 6. The van der Waals surface area contributed by atoms with E-state index in [1.54, 1.807) is 50.2 Å². The number of amides is 1. The zero-order valence-corrected chi connectivity index (χ0v) is 22.8. The molecule has 0 unspecified atom stereocenters. The van der Waals surface area contributed by atoms with Gasteiger partial charge in [-0.3, -0.25) is 9.59 Å². The molecule has 4 aromatic rings. The highest BCUT2D eigenvalue weighted by Crippen LogP contribution is 2.25. The van der Waals surface area contributed by atoms with Crippen molar-refractivity contribution in [3.05, 3.63) is 106 Å². The molecule has 2 N–H and O–H groups in total. The van der Waals surface area contributed by atoms with Gasteiger partial charge in [0.25, 0.3) is 5.56 Å². The Morgan fingerprint density at radius 1 is 1.00 bits per heavy atom. The molecule has 0 saturated heterocycles. The largest absolute Gasteiger partial charge is 0.494 e. The molecule has 0 fully saturated rings. The summed E-state index contributed by atoms with van der Waals surface area (Å²) in [4.78, 5) is 32.1. The van der Waals surface area contributed by atoms with Gasteiger partial charge in [-0.15, -0.1) is 0 Å². The summed E-state index contributed by atoms with van der Waals surface area (Å²) in [6, 6.07) is 22.0. The SMILES string of the molecule is CCOc1ccc(S(=O)(=O)N(CC(=O)Nc2cccc(-c3nc(C)cc(=O)[nH]3)c2)Cc2ccccc2)cc1C. The van der Waals surface area contributed by atoms with E-state index in [2.05, 4.69) is 15.3 Å². The van der Waals surface area contributed by atoms with E-state index in [9.17, 15) is 18.0 Å². The molecule has 39 heavy (non-hydrogen) atoms. The van der Waals surface area contributed by atoms with Gasteiger partial charge in [-0.2, -0.15) is 4.31 Å². The Labute approximate surface area is 227 Å². The topological polar surface area (TPSA) is 121 Å². The van der Waals surface area contributed by atoms with E-state index in [1.165, 1.54) is 12.1 Å². The van der Waals surface area contributed by atoms with Gasteiger partial charge in [0, 0.05) is 29.6 Å². The smallest absolute Gasteiger partial charge is 0.251 e. The van der Waals surface area contributed by atoms with Crippen LogP contribution < -0.4 is 15.6 Å². The minimum Gasteiger partial charge on any atom is -0.494 e. The van der Waals surface area contributed by atoms with E-state index in [0.29, 0.717) is 40.7 Å². The summed E-state index contributed by atoms with van der Waals surface area (Å²) in [5, 5.41) is 2.77. The molecule has 0 radical (unpaired) electrons. The second kappa shape index (κ2) is 12.1. The molecule has 3 aromatic carbocycles. The van der Waals surface area contributed by atoms with Gasteiger partial charge in [0.15, 0.2) is 0 Å². The summed E-state index contributed by atoms with van der Waals surface area (Å²) >= 11 is 0. The van der Waals surface area contributed by atoms with Crippen molar-refractivity contribution in [1.29, 1.82) is 0 Å². The van der Waals surface area contributed by atoms with Crippen LogP contribution in [0.15, 0.2) is 88.6 Å². The lowest BCUT2D eigenvalue weighted by Crippen LogP contribution is -2.37. The molecule has 4 rings (SSSR count). The Bertz CT molecular complexity index is 1640. The summed E-state index contributed by atoms with van der Waals surface area (Å²) in [6.07, 6.45) is 0. The first-order chi connectivity index (χ1) is 18.7. The van der Waals surface area contributed by atoms with E-state index in [4.69, 9.17) is 4.74 Å². The molecule has 10 heteroatoms. The lowest BCUT2D eigenvalue weighted by atomic mass is 10.2. The van der Waals surface area contributed by atoms with Gasteiger partial charge in [-0.05, 0) is 62.2 Å². The van der Waals surface area contributed by atoms with Crippen molar-refractivity contribution < 1.29 is 17.9 Å². The number of hydrogen-bond donors (Lipinski definition) is 2. The number of anilines is 1. The van der Waals surface area contributed by atoms with Crippen LogP contribution in [0.4, 0.5) is 5.69 Å². The van der Waals surface area contributed by atoms with Crippen molar-refractivity contribution >= 4 is 21.6 Å². The maximum atomic E-state index is 13.7. The Balaban J connectivity index is 1.59. The van der Waals surface area contributed by atoms with Crippen LogP contribution >= 0.6 is 0 Å². The summed E-state index contributed by atoms with van der Waals surface area (Å²) in [5.74, 6) is 0.461. The maximum Gasteiger partial charge on any atom is 0.251 e. The minimum atomic E-state index is -4.03. The molecule has 1 amide bonds. The number of nitrogens with zero attached hydrogens (tertiary/aromatic N) is 2. The third-order valence-electron chi connectivity index (χ3n) is 5.90. The van der Waals surface area contributed by atoms with Gasteiger partial charge in [-0.25, -0.2) is 13.4 Å². The molecular formula is C29H30N4O5S. The van der Waals surface area contributed by atoms with Gasteiger partial charge >= 0.3 is 0 Å². The summed E-state index contributed by atoms with van der Waals surface area (Å²) < 4.78 is 34.1. The molecule has 0 aliphatic carbocycles. The Morgan fingerprint density at radius 3 is 2.46 bits per heavy atom. The normalized spacial score (nSPS) is 11.4. The van der Waals surface area contributed by atoms with E-state index >= 15 is 0 Å². The van der Waals surface area contributed by atoms with Crippen LogP contribution in [0, 0.1) is 13.8 Å². The molecule has 1 heterocycles. The Hall–Kier alpha value is -4.28. The van der Waals surface area contributed by atoms with E-state index in [0.717, 1.165) is 9.87 Å². The van der Waals surface area contributed by atoms with Crippen LogP contribution in [0.1, 0.15) is 23.7 Å². The third kappa shape index (κ3) is 6.98. The monoisotopic (exact) mass is 546 g/mol. The first-order valence-corrected chi connectivity index (χ1v) is 13.9. The second-order valence-electron chi connectivity index (χ2n) is 8.98. The van der Waals surface area contributed by atoms with Crippen molar-refractivity contribution in [2.45, 2.75) is 32.2 Å². The van der Waals surface area contributed by atoms with Crippen molar-refractivity contribution in [1.82, 2.24) is 14.3 Å². The van der Waals surface area contributed by atoms with Crippen LogP contribution in [-0.2, 0) is 21.4 Å². The van der Waals surface area contributed by atoms with E-state index in [1.807, 2.05) is 37.3 Å². The molecule has 202 valence electrons. The number of aryl methyl sites for hydroxylation is 2. The van der Waals surface area contributed by atoms with Crippen LogP contribution in [-0.4, -0.2) is 41.7 Å². The number of carbonyl (C=O) groups is 1. The highest BCUT2D eigenvalue weighted by molar-refractivity contribution is 7.89. The Kier molecular flexibility index (Phi) is 8.58. The summed E-state index contributed by atoms with van der Waals surface area (Å²) in [6.45, 7) is 5.42. The minimum absolute atomic E-state index is 0.0113. The fourth-order valence-electron chi connectivity index (χ4n) is 4.08. The first kappa shape index (κ1) is 27.7. The molecular weight excluding hydrogens is 516 g/mol. The number of aromatic nitrogens is 2. The fourth-order valence-corrected chi connectivity index (χ4v) is 5.55. The number of rotatable bonds is 10. The number of ether oxygens (including phenoxy) is 1. The predicted octanol–water partition coefficient (Wildman–Crippen LogP) is 4.28. The summed E-state index contributed by atoms with van der Waals surface area (Å²) in [7, 11) is -4.03. The number of aromatic amines is 1. The zero-order chi connectivity index (χ0) is 28.0. The molecule has 0 saturated carbocycles. The number of carbonyl (C=O) groups excluding carboxylic acids is 1. The molecule has 0 aliphatic rings. The first-order valence-electron chi connectivity index (χ1n) is 12.4. The van der Waals surface area contributed by atoms with Gasteiger partial charge in [-0.1, -0.05) is 42.5 Å². The average molecular weight is 547 g/mol. The fraction of sp³-hybridized carbons (Fsp3) is 0.207. The van der Waals surface area contributed by atoms with Crippen LogP contribution in [0.2, 0.25) is 0 Å². The lowest BCUT2D eigenvalue weighted by Gasteiger charge is -2.22. The second-order valence-corrected chi connectivity index (χ2v) is 10.9. The highest BCUT2D eigenvalue weighted by atomic mass is 32.2. The van der Waals surface area contributed by atoms with Crippen molar-refractivity contribution in [3.63, 3.8) is 0 Å². The molecule has 9 nitrogen and oxygen atoms in total. The van der Waals surface area contributed by atoms with Gasteiger partial charge < -0.3 is 15.0 Å². The third-order valence-corrected chi connectivity index (χ3v) is 7.68. The number of sulfonamides is 1. The van der Waals surface area contributed by atoms with Gasteiger partial charge in [0.2, 0.25) is 15.9 Å². The van der Waals surface area contributed by atoms with Crippen LogP contribution in [0.25, 0.3) is 11.4 Å². The standard InChI is InChI=1S/C29H30N4O5S/c1-4-38-26-14-13-25(15-20(26)2)39(36,37)33(18-22-9-6-5-7-10-22)19-28(35)31-24-12-8-11-23(17-24)29-30-21(3)16-27(34)32-29/h5-17H,4,18-19H2,1-3H3,(H,31,35)(H,30,32,34). The maximum absolute atomic E-state index is 13.7. The molecule has 0 atom stereocenters. The molecule has 0 aliphatic heterocycles. The number of nitrogens with one attached hydrogen (secondary N) is 2. The quantitative estimate of drug-likeness (QED) is 0.306. The number of H-pyrrole nitrogens is 1. The highest BCUT2D eigenvalue weighted by Gasteiger charge is 2.27. The zero-order valence-electron chi connectivity index (χ0n) is 22.0. The molecule has 0 bridgehead atoms. The Morgan fingerprint density at radius 2 is 1.77 bits per heavy atom. The lowest BCUT2D eigenvalue weighted by molar-refractivity contribution is -0.116. The van der Waals surface area contributed by atoms with Crippen LogP contribution in [0.3, 0.4) is 0 Å². The average Bonchev–Trinajstić information content (AvgIpc) is 2.89. The number of benzene rings is 3. The predicted molar refractivity (Wildman–Crippen MR) is 150 cm³/mol. The van der Waals surface area contributed by atoms with Crippen LogP contribution in [0.5, 0.6) is 5.75 Å². The van der Waals surface area contributed by atoms with Gasteiger partial charge in [0.05, 0.1) is 18.0 Å². The van der Waals surface area contributed by atoms with Crippen molar-refractivity contribution in [2.24, 2.45) is 0 Å². The molecule has 1 aromatic heterocycles. The van der Waals surface area contributed by atoms with Gasteiger partial charge in [0.1, 0.15) is 11.6 Å². The van der Waals surface area contributed by atoms with E-state index in [-0.39, 0.29) is 17.0 Å². The summed E-state index contributed by atoms with van der Waals surface area (Å²) in [5.41, 5.74) is 2.75. The molecule has 0 spiro atoms. The van der Waals surface area contributed by atoms with Crippen molar-refractivity contribution in [3.8, 4) is 17.1 Å². The van der Waals surface area contributed by atoms with E-state index < -0.39 is 22.5 Å².